The Hall–Kier alpha value is -3.93. The summed E-state index contributed by atoms with van der Waals surface area (Å²) < 4.78 is 26.7. The van der Waals surface area contributed by atoms with E-state index in [1.807, 2.05) is 48.5 Å². The van der Waals surface area contributed by atoms with Gasteiger partial charge < -0.3 is 9.26 Å². The van der Waals surface area contributed by atoms with E-state index in [0.29, 0.717) is 11.4 Å². The van der Waals surface area contributed by atoms with Gasteiger partial charge in [0.1, 0.15) is 22.8 Å². The minimum atomic E-state index is -0.331. The third-order valence-electron chi connectivity index (χ3n) is 4.85. The van der Waals surface area contributed by atoms with E-state index in [0.717, 1.165) is 33.5 Å². The van der Waals surface area contributed by atoms with Crippen LogP contribution in [0, 0.1) is 5.82 Å². The topological polar surface area (TPSA) is 53.1 Å². The second-order valence-corrected chi connectivity index (χ2v) is 6.55. The Morgan fingerprint density at radius 3 is 2.52 bits per heavy atom. The molecule has 0 saturated carbocycles. The van der Waals surface area contributed by atoms with E-state index in [-0.39, 0.29) is 5.82 Å². The first kappa shape index (κ1) is 17.2. The van der Waals surface area contributed by atoms with E-state index in [2.05, 4.69) is 10.3 Å². The molecule has 2 aromatic heterocycles. The van der Waals surface area contributed by atoms with Crippen LogP contribution in [0.5, 0.6) is 5.75 Å². The third-order valence-corrected chi connectivity index (χ3v) is 4.85. The van der Waals surface area contributed by atoms with E-state index >= 15 is 0 Å². The molecule has 0 saturated heterocycles. The summed E-state index contributed by atoms with van der Waals surface area (Å²) in [6.45, 7) is 0. The number of rotatable bonds is 4. The number of halogens is 1. The van der Waals surface area contributed by atoms with Crippen LogP contribution in [0.2, 0.25) is 0 Å². The predicted molar refractivity (Wildman–Crippen MR) is 109 cm³/mol. The summed E-state index contributed by atoms with van der Waals surface area (Å²) >= 11 is 0. The molecule has 5 aromatic rings. The number of nitrogens with zero attached hydrogens (tertiary/aromatic N) is 3. The first-order valence-corrected chi connectivity index (χ1v) is 9.08. The maximum atomic E-state index is 14.3. The number of ether oxygens (including phenoxy) is 1. The molecule has 0 amide bonds. The molecular weight excluding hydrogens is 369 g/mol. The van der Waals surface area contributed by atoms with Crippen molar-refractivity contribution in [2.24, 2.45) is 0 Å². The van der Waals surface area contributed by atoms with Gasteiger partial charge in [-0.25, -0.2) is 9.07 Å². The van der Waals surface area contributed by atoms with E-state index in [4.69, 9.17) is 9.26 Å². The van der Waals surface area contributed by atoms with Crippen LogP contribution < -0.4 is 4.74 Å². The van der Waals surface area contributed by atoms with Crippen molar-refractivity contribution in [2.75, 3.05) is 7.11 Å². The van der Waals surface area contributed by atoms with Gasteiger partial charge in [-0.1, -0.05) is 23.4 Å². The maximum Gasteiger partial charge on any atom is 0.174 e. The molecule has 0 radical (unpaired) electrons. The van der Waals surface area contributed by atoms with Crippen molar-refractivity contribution < 1.29 is 13.7 Å². The lowest BCUT2D eigenvalue weighted by molar-refractivity contribution is 0.414. The van der Waals surface area contributed by atoms with Crippen LogP contribution in [-0.4, -0.2) is 22.0 Å². The number of hydrogen-bond acceptors (Lipinski definition) is 4. The highest BCUT2D eigenvalue weighted by Crippen LogP contribution is 2.33. The molecule has 5 rings (SSSR count). The van der Waals surface area contributed by atoms with Crippen LogP contribution in [0.3, 0.4) is 0 Å². The Kier molecular flexibility index (Phi) is 4.09. The van der Waals surface area contributed by atoms with Gasteiger partial charge in [-0.2, -0.15) is 5.10 Å². The Morgan fingerprint density at radius 2 is 1.72 bits per heavy atom. The Balaban J connectivity index is 1.63. The average molecular weight is 385 g/mol. The number of fused-ring (bicyclic) bond motifs is 1. The van der Waals surface area contributed by atoms with Gasteiger partial charge in [0.25, 0.3) is 0 Å². The zero-order valence-corrected chi connectivity index (χ0v) is 15.5. The Bertz CT molecular complexity index is 1310. The molecule has 0 fully saturated rings. The van der Waals surface area contributed by atoms with E-state index in [9.17, 15) is 4.39 Å². The van der Waals surface area contributed by atoms with Crippen LogP contribution in [-0.2, 0) is 0 Å². The molecule has 0 spiro atoms. The summed E-state index contributed by atoms with van der Waals surface area (Å²) in [5, 5.41) is 9.35. The fourth-order valence-electron chi connectivity index (χ4n) is 3.39. The van der Waals surface area contributed by atoms with Crippen molar-refractivity contribution in [3.63, 3.8) is 0 Å². The average Bonchev–Trinajstić information content (AvgIpc) is 3.41. The first-order chi connectivity index (χ1) is 14.2. The van der Waals surface area contributed by atoms with Gasteiger partial charge in [-0.3, -0.25) is 0 Å². The number of para-hydroxylation sites is 1. The molecule has 2 heterocycles. The predicted octanol–water partition coefficient (Wildman–Crippen LogP) is 5.50. The van der Waals surface area contributed by atoms with Gasteiger partial charge in [0.15, 0.2) is 5.76 Å². The summed E-state index contributed by atoms with van der Waals surface area (Å²) in [5.41, 5.74) is 3.70. The zero-order valence-electron chi connectivity index (χ0n) is 15.5. The summed E-state index contributed by atoms with van der Waals surface area (Å²) in [6.07, 6.45) is 1.66. The minimum Gasteiger partial charge on any atom is -0.497 e. The highest BCUT2D eigenvalue weighted by atomic mass is 19.1. The molecule has 0 aliphatic carbocycles. The Labute approximate surface area is 166 Å². The maximum absolute atomic E-state index is 14.3. The molecule has 0 aliphatic heterocycles. The lowest BCUT2D eigenvalue weighted by Crippen LogP contribution is -2.01. The molecule has 3 aromatic carbocycles. The minimum absolute atomic E-state index is 0.331. The van der Waals surface area contributed by atoms with Crippen LogP contribution in [0.1, 0.15) is 0 Å². The molecule has 0 atom stereocenters. The van der Waals surface area contributed by atoms with Crippen LogP contribution in [0.15, 0.2) is 83.5 Å². The molecule has 6 heteroatoms. The number of benzene rings is 3. The molecular formula is C23H16FN3O2. The van der Waals surface area contributed by atoms with Crippen molar-refractivity contribution in [1.29, 1.82) is 0 Å². The quantitative estimate of drug-likeness (QED) is 0.410. The lowest BCUT2D eigenvalue weighted by Gasteiger charge is -2.09. The second kappa shape index (κ2) is 6.91. The third kappa shape index (κ3) is 2.95. The number of methoxy groups -OCH3 is 1. The van der Waals surface area contributed by atoms with Gasteiger partial charge >= 0.3 is 0 Å². The van der Waals surface area contributed by atoms with Crippen molar-refractivity contribution in [1.82, 2.24) is 14.9 Å². The molecule has 0 unspecified atom stereocenters. The normalized spacial score (nSPS) is 11.1. The Morgan fingerprint density at radius 1 is 0.931 bits per heavy atom. The SMILES string of the molecule is COc1ccc(-c2onc3ccc(-c4ccnn4-c4ccccc4F)cc23)cc1. The van der Waals surface area contributed by atoms with Gasteiger partial charge in [0.05, 0.1) is 24.4 Å². The lowest BCUT2D eigenvalue weighted by atomic mass is 10.0. The number of hydrogen-bond donors (Lipinski definition) is 0. The van der Waals surface area contributed by atoms with Gasteiger partial charge in [-0.15, -0.1) is 0 Å². The van der Waals surface area contributed by atoms with Gasteiger partial charge in [-0.05, 0) is 54.6 Å². The van der Waals surface area contributed by atoms with E-state index in [1.54, 1.807) is 36.2 Å². The molecule has 5 nitrogen and oxygen atoms in total. The van der Waals surface area contributed by atoms with Crippen LogP contribution in [0.4, 0.5) is 4.39 Å². The van der Waals surface area contributed by atoms with Gasteiger partial charge in [0, 0.05) is 11.1 Å². The standard InChI is InChI=1S/C23H16FN3O2/c1-28-17-9-6-15(7-10-17)23-18-14-16(8-11-20(18)26-29-23)21-12-13-25-27(21)22-5-3-2-4-19(22)24/h2-14H,1H3. The molecule has 0 aliphatic rings. The van der Waals surface area contributed by atoms with Crippen LogP contribution >= 0.6 is 0 Å². The van der Waals surface area contributed by atoms with Gasteiger partial charge in [0.2, 0.25) is 0 Å². The van der Waals surface area contributed by atoms with Crippen molar-refractivity contribution in [2.45, 2.75) is 0 Å². The molecule has 29 heavy (non-hydrogen) atoms. The summed E-state index contributed by atoms with van der Waals surface area (Å²) in [5.74, 6) is 1.11. The second-order valence-electron chi connectivity index (χ2n) is 6.55. The van der Waals surface area contributed by atoms with Crippen LogP contribution in [0.25, 0.3) is 39.2 Å². The fourth-order valence-corrected chi connectivity index (χ4v) is 3.39. The van der Waals surface area contributed by atoms with Crippen molar-refractivity contribution >= 4 is 10.9 Å². The highest BCUT2D eigenvalue weighted by molar-refractivity contribution is 5.94. The first-order valence-electron chi connectivity index (χ1n) is 9.08. The molecule has 0 bridgehead atoms. The van der Waals surface area contributed by atoms with E-state index < -0.39 is 0 Å². The number of aromatic nitrogens is 3. The highest BCUT2D eigenvalue weighted by Gasteiger charge is 2.15. The molecule has 142 valence electrons. The monoisotopic (exact) mass is 385 g/mol. The van der Waals surface area contributed by atoms with E-state index in [1.165, 1.54) is 6.07 Å². The van der Waals surface area contributed by atoms with Crippen molar-refractivity contribution in [3.8, 4) is 34.0 Å². The summed E-state index contributed by atoms with van der Waals surface area (Å²) in [6, 6.07) is 21.8. The molecule has 0 N–H and O–H groups in total. The largest absolute Gasteiger partial charge is 0.497 e. The smallest absolute Gasteiger partial charge is 0.174 e. The summed E-state index contributed by atoms with van der Waals surface area (Å²) in [4.78, 5) is 0. The fraction of sp³-hybridized carbons (Fsp3) is 0.0435. The zero-order chi connectivity index (χ0) is 19.8. The summed E-state index contributed by atoms with van der Waals surface area (Å²) in [7, 11) is 1.63. The van der Waals surface area contributed by atoms with Crippen molar-refractivity contribution in [3.05, 3.63) is 84.8 Å².